The van der Waals surface area contributed by atoms with E-state index in [1.54, 1.807) is 0 Å². The van der Waals surface area contributed by atoms with Crippen molar-refractivity contribution in [3.05, 3.63) is 0 Å². The van der Waals surface area contributed by atoms with Crippen molar-refractivity contribution in [2.45, 2.75) is 19.1 Å². The first-order valence-corrected chi connectivity index (χ1v) is 2.66. The van der Waals surface area contributed by atoms with E-state index in [4.69, 9.17) is 15.3 Å². The molecule has 3 N–H and O–H groups in total. The number of ketones is 1. The Kier molecular flexibility index (Phi) is 3.60. The third kappa shape index (κ3) is 3.99. The molecule has 0 bridgehead atoms. The van der Waals surface area contributed by atoms with Crippen molar-refractivity contribution in [2.75, 3.05) is 0 Å². The first-order chi connectivity index (χ1) is 4.54. The van der Waals surface area contributed by atoms with Crippen LogP contribution in [0.25, 0.3) is 0 Å². The maximum atomic E-state index is 10.2. The van der Waals surface area contributed by atoms with Gasteiger partial charge in [0.25, 0.3) is 0 Å². The van der Waals surface area contributed by atoms with Crippen molar-refractivity contribution >= 4 is 11.8 Å². The van der Waals surface area contributed by atoms with Crippen LogP contribution in [0.15, 0.2) is 0 Å². The number of carboxylic acid groups (broad SMARTS) is 1. The number of aliphatic hydroxyl groups is 2. The summed E-state index contributed by atoms with van der Waals surface area (Å²) in [5.41, 5.74) is 0. The molecule has 5 heteroatoms. The van der Waals surface area contributed by atoms with E-state index in [1.807, 2.05) is 0 Å². The van der Waals surface area contributed by atoms with Crippen molar-refractivity contribution in [1.82, 2.24) is 0 Å². The molecule has 5 nitrogen and oxygen atoms in total. The fourth-order valence-electron chi connectivity index (χ4n) is 0.367. The highest BCUT2D eigenvalue weighted by Gasteiger charge is 2.11. The van der Waals surface area contributed by atoms with Crippen LogP contribution in [0.4, 0.5) is 0 Å². The molecule has 0 aromatic carbocycles. The highest BCUT2D eigenvalue weighted by atomic mass is 16.5. The maximum absolute atomic E-state index is 10.2. The Bertz CT molecular complexity index is 139. The first-order valence-electron chi connectivity index (χ1n) is 2.66. The first kappa shape index (κ1) is 9.06. The van der Waals surface area contributed by atoms with E-state index in [1.165, 1.54) is 0 Å². The summed E-state index contributed by atoms with van der Waals surface area (Å²) in [5, 5.41) is 24.4. The van der Waals surface area contributed by atoms with E-state index in [0.29, 0.717) is 0 Å². The van der Waals surface area contributed by atoms with Crippen LogP contribution in [0.5, 0.6) is 0 Å². The van der Waals surface area contributed by atoms with E-state index in [0.717, 1.165) is 0 Å². The van der Waals surface area contributed by atoms with Crippen molar-refractivity contribution < 1.29 is 24.9 Å². The molecule has 0 saturated heterocycles. The third-order valence-electron chi connectivity index (χ3n) is 0.868. The molecule has 0 amide bonds. The summed E-state index contributed by atoms with van der Waals surface area (Å²) in [6.07, 6.45) is -2.18. The van der Waals surface area contributed by atoms with Crippen molar-refractivity contribution in [2.24, 2.45) is 0 Å². The molecule has 0 aliphatic rings. The Labute approximate surface area is 56.9 Å². The number of rotatable bonds is 4. The third-order valence-corrected chi connectivity index (χ3v) is 0.868. The summed E-state index contributed by atoms with van der Waals surface area (Å²) < 4.78 is 0. The van der Waals surface area contributed by atoms with Crippen LogP contribution < -0.4 is 0 Å². The van der Waals surface area contributed by atoms with Crippen LogP contribution in [0.3, 0.4) is 0 Å². The smallest absolute Gasteiger partial charge is 0.372 e. The van der Waals surface area contributed by atoms with E-state index in [-0.39, 0.29) is 12.8 Å². The Hall–Kier alpha value is -0.940. The topological polar surface area (TPSA) is 94.8 Å². The van der Waals surface area contributed by atoms with Gasteiger partial charge in [0.05, 0.1) is 0 Å². The summed E-state index contributed by atoms with van der Waals surface area (Å²) >= 11 is 0. The largest absolute Gasteiger partial charge is 0.476 e. The number of carboxylic acids is 1. The average Bonchev–Trinajstić information content (AvgIpc) is 1.82. The normalized spacial score (nSPS) is 9.90. The van der Waals surface area contributed by atoms with Gasteiger partial charge in [-0.15, -0.1) is 0 Å². The molecule has 0 heterocycles. The van der Waals surface area contributed by atoms with Crippen LogP contribution in [-0.4, -0.2) is 33.4 Å². The fourth-order valence-corrected chi connectivity index (χ4v) is 0.367. The molecule has 0 aliphatic heterocycles. The molecule has 0 spiro atoms. The van der Waals surface area contributed by atoms with E-state index < -0.39 is 18.0 Å². The Balaban J connectivity index is 3.50. The predicted molar refractivity (Wildman–Crippen MR) is 30.1 cm³/mol. The number of carbonyl (C=O) groups is 2. The second kappa shape index (κ2) is 3.97. The lowest BCUT2D eigenvalue weighted by Crippen LogP contribution is -2.15. The van der Waals surface area contributed by atoms with Gasteiger partial charge in [0, 0.05) is 12.8 Å². The molecule has 0 aromatic heterocycles. The number of aliphatic carboxylic acids is 1. The lowest BCUT2D eigenvalue weighted by Gasteiger charge is -1.98. The van der Waals surface area contributed by atoms with Gasteiger partial charge in [-0.1, -0.05) is 0 Å². The maximum Gasteiger partial charge on any atom is 0.372 e. The van der Waals surface area contributed by atoms with Gasteiger partial charge >= 0.3 is 5.97 Å². The van der Waals surface area contributed by atoms with Crippen LogP contribution in [-0.2, 0) is 9.59 Å². The van der Waals surface area contributed by atoms with Crippen LogP contribution in [0.2, 0.25) is 0 Å². The predicted octanol–water partition coefficient (Wildman–Crippen LogP) is -1.27. The van der Waals surface area contributed by atoms with Gasteiger partial charge in [-0.05, 0) is 0 Å². The Morgan fingerprint density at radius 3 is 2.10 bits per heavy atom. The monoisotopic (exact) mass is 148 g/mol. The molecule has 0 atom stereocenters. The number of Topliss-reactive ketones (excluding diaryl/α,β-unsaturated/α-hetero) is 1. The van der Waals surface area contributed by atoms with Crippen molar-refractivity contribution in [3.8, 4) is 0 Å². The number of hydrogen-bond acceptors (Lipinski definition) is 4. The van der Waals surface area contributed by atoms with Crippen LogP contribution in [0, 0.1) is 0 Å². The van der Waals surface area contributed by atoms with Gasteiger partial charge in [-0.2, -0.15) is 0 Å². The standard InChI is InChI=1S/C5H8O5/c6-3(5(9)10)1-2-4(7)8/h4,7-8H,1-2H2,(H,9,10). The lowest BCUT2D eigenvalue weighted by atomic mass is 10.2. The summed E-state index contributed by atoms with van der Waals surface area (Å²) in [5.74, 6) is -2.55. The summed E-state index contributed by atoms with van der Waals surface area (Å²) in [6.45, 7) is 0. The minimum Gasteiger partial charge on any atom is -0.476 e. The van der Waals surface area contributed by atoms with Gasteiger partial charge in [-0.25, -0.2) is 4.79 Å². The molecule has 0 unspecified atom stereocenters. The molecule has 0 radical (unpaired) electrons. The van der Waals surface area contributed by atoms with Crippen LogP contribution >= 0.6 is 0 Å². The summed E-state index contributed by atoms with van der Waals surface area (Å²) in [7, 11) is 0. The number of aliphatic hydroxyl groups excluding tert-OH is 1. The van der Waals surface area contributed by atoms with Gasteiger partial charge in [0.2, 0.25) is 5.78 Å². The Morgan fingerprint density at radius 2 is 1.80 bits per heavy atom. The fraction of sp³-hybridized carbons (Fsp3) is 0.600. The van der Waals surface area contributed by atoms with Gasteiger partial charge in [0.1, 0.15) is 0 Å². The van der Waals surface area contributed by atoms with Crippen molar-refractivity contribution in [1.29, 1.82) is 0 Å². The molecular weight excluding hydrogens is 140 g/mol. The highest BCUT2D eigenvalue weighted by molar-refractivity contribution is 6.32. The zero-order valence-corrected chi connectivity index (χ0v) is 5.15. The Morgan fingerprint density at radius 1 is 1.30 bits per heavy atom. The minimum absolute atomic E-state index is 0.231. The molecule has 0 aliphatic carbocycles. The molecule has 10 heavy (non-hydrogen) atoms. The van der Waals surface area contributed by atoms with E-state index in [9.17, 15) is 9.59 Å². The summed E-state index contributed by atoms with van der Waals surface area (Å²) in [4.78, 5) is 20.0. The SMILES string of the molecule is O=C(O)C(=O)CCC(O)O. The minimum atomic E-state index is -1.61. The van der Waals surface area contributed by atoms with Crippen molar-refractivity contribution in [3.63, 3.8) is 0 Å². The lowest BCUT2D eigenvalue weighted by molar-refractivity contribution is -0.149. The molecule has 0 fully saturated rings. The van der Waals surface area contributed by atoms with Gasteiger partial charge in [0.15, 0.2) is 6.29 Å². The molecular formula is C5H8O5. The highest BCUT2D eigenvalue weighted by Crippen LogP contribution is 1.94. The molecule has 0 rings (SSSR count). The van der Waals surface area contributed by atoms with Gasteiger partial charge in [-0.3, -0.25) is 4.79 Å². The molecule has 0 saturated carbocycles. The zero-order chi connectivity index (χ0) is 8.15. The number of carbonyl (C=O) groups excluding carboxylic acids is 1. The summed E-state index contributed by atoms with van der Waals surface area (Å²) in [6, 6.07) is 0. The second-order valence-electron chi connectivity index (χ2n) is 1.75. The zero-order valence-electron chi connectivity index (χ0n) is 5.15. The molecule has 58 valence electrons. The van der Waals surface area contributed by atoms with Crippen LogP contribution in [0.1, 0.15) is 12.8 Å². The second-order valence-corrected chi connectivity index (χ2v) is 1.75. The number of hydrogen-bond donors (Lipinski definition) is 3. The van der Waals surface area contributed by atoms with E-state index in [2.05, 4.69) is 0 Å². The molecule has 0 aromatic rings. The van der Waals surface area contributed by atoms with Gasteiger partial charge < -0.3 is 15.3 Å². The van der Waals surface area contributed by atoms with E-state index >= 15 is 0 Å². The average molecular weight is 148 g/mol. The quantitative estimate of drug-likeness (QED) is 0.341.